The number of tetrazole rings is 2. The number of hydrogen-bond acceptors (Lipinski definition) is 22. The van der Waals surface area contributed by atoms with Crippen molar-refractivity contribution in [1.29, 1.82) is 0 Å². The molecule has 4 aliphatic heterocycles. The third-order valence-corrected chi connectivity index (χ3v) is 15.4. The molecule has 8 rings (SSSR count). The van der Waals surface area contributed by atoms with Gasteiger partial charge in [-0.1, -0.05) is 83.2 Å². The summed E-state index contributed by atoms with van der Waals surface area (Å²) >= 11 is 4.56. The molecular weight excluding hydrogens is 1080 g/mol. The van der Waals surface area contributed by atoms with Crippen molar-refractivity contribution in [1.82, 2.24) is 60.8 Å². The van der Waals surface area contributed by atoms with E-state index >= 15 is 0 Å². The normalized spacial score (nSPS) is 19.6. The first-order valence-corrected chi connectivity index (χ1v) is 24.5. The number of aliphatic hydroxyl groups excluding tert-OH is 2. The minimum absolute atomic E-state index is 0. The third kappa shape index (κ3) is 13.6. The van der Waals surface area contributed by atoms with E-state index in [4.69, 9.17) is 10.2 Å². The van der Waals surface area contributed by atoms with E-state index < -0.39 is 95.6 Å². The zero-order valence-corrected chi connectivity index (χ0v) is 47.8. The van der Waals surface area contributed by atoms with Gasteiger partial charge in [-0.2, -0.15) is 0 Å². The molecule has 0 bridgehead atoms. The predicted molar refractivity (Wildman–Crippen MR) is 239 cm³/mol. The number of thioether (sulfide) groups is 4. The maximum Gasteiger partial charge on any atom is 1.00 e. The largest absolute Gasteiger partial charge is 1.00 e. The second-order valence-corrected chi connectivity index (χ2v) is 19.6. The van der Waals surface area contributed by atoms with E-state index in [2.05, 4.69) is 41.7 Å². The van der Waals surface area contributed by atoms with Gasteiger partial charge in [0.15, 0.2) is 12.2 Å². The smallest absolute Gasteiger partial charge is 0.543 e. The number of rotatable bonds is 18. The fourth-order valence-corrected chi connectivity index (χ4v) is 11.9. The average molecular weight is 1120 g/mol. The van der Waals surface area contributed by atoms with Gasteiger partial charge in [0.25, 0.3) is 23.6 Å². The van der Waals surface area contributed by atoms with Crippen LogP contribution in [0.5, 0.6) is 0 Å². The number of carbonyl (C=O) groups excluding carboxylic acids is 6. The number of aliphatic hydroxyl groups is 2. The van der Waals surface area contributed by atoms with Crippen LogP contribution in [-0.2, 0) is 51.4 Å². The van der Waals surface area contributed by atoms with E-state index in [0.717, 1.165) is 53.8 Å². The molecule has 2 fully saturated rings. The SMILES string of the molecule is Cc1ccc([C@@H](O)C(=O)NC2C(=O)N3C(C(=O)[O-])=C(CSc4nnnn4CC(=O)O)CS[C@H]23)cc1.Cc1ccc([C@@H](O)C(=O)NC2C(=O)N3C(C(=O)[O-])=C(CSc4nnnn4CC(=O)O)CS[C@H]23)cc1.[K+].[K+]. The Labute approximate surface area is 509 Å². The number of benzene rings is 2. The molecule has 6 N–H and O–H groups in total. The summed E-state index contributed by atoms with van der Waals surface area (Å²) < 4.78 is 2.12. The number of aryl methyl sites for hydroxylation is 2. The maximum absolute atomic E-state index is 12.8. The summed E-state index contributed by atoms with van der Waals surface area (Å²) in [6, 6.07) is 11.4. The maximum atomic E-state index is 12.8. The van der Waals surface area contributed by atoms with Crippen LogP contribution in [0.2, 0.25) is 0 Å². The van der Waals surface area contributed by atoms with Crippen molar-refractivity contribution in [2.45, 2.75) is 72.3 Å². The number of nitrogens with one attached hydrogen (secondary N) is 2. The van der Waals surface area contributed by atoms with Gasteiger partial charge in [0.05, 0.1) is 23.3 Å². The molecule has 4 aromatic rings. The van der Waals surface area contributed by atoms with Gasteiger partial charge in [-0.3, -0.25) is 38.6 Å². The first kappa shape index (κ1) is 59.3. The van der Waals surface area contributed by atoms with E-state index in [-0.39, 0.29) is 147 Å². The van der Waals surface area contributed by atoms with Crippen LogP contribution >= 0.6 is 47.0 Å². The van der Waals surface area contributed by atoms with E-state index in [1.807, 2.05) is 13.8 Å². The van der Waals surface area contributed by atoms with Crippen LogP contribution in [0, 0.1) is 13.8 Å². The van der Waals surface area contributed by atoms with Crippen molar-refractivity contribution >= 4 is 94.6 Å². The Balaban J connectivity index is 0.000000260. The van der Waals surface area contributed by atoms with Gasteiger partial charge in [0.2, 0.25) is 10.3 Å². The molecule has 6 heterocycles. The van der Waals surface area contributed by atoms with Crippen molar-refractivity contribution in [3.63, 3.8) is 0 Å². The van der Waals surface area contributed by atoms with Gasteiger partial charge in [-0.05, 0) is 57.0 Å². The Kier molecular flexibility index (Phi) is 21.6. The van der Waals surface area contributed by atoms with Crippen LogP contribution in [0.15, 0.2) is 81.4 Å². The van der Waals surface area contributed by atoms with Crippen molar-refractivity contribution in [3.8, 4) is 0 Å². The molecule has 2 saturated heterocycles. The van der Waals surface area contributed by atoms with Crippen LogP contribution in [0.4, 0.5) is 0 Å². The molecule has 0 aliphatic carbocycles. The number of hydrogen-bond donors (Lipinski definition) is 6. The second kappa shape index (κ2) is 26.3. The summed E-state index contributed by atoms with van der Waals surface area (Å²) in [4.78, 5) is 98.4. The number of carboxylic acids is 4. The molecule has 2 unspecified atom stereocenters. The van der Waals surface area contributed by atoms with Gasteiger partial charge < -0.3 is 50.9 Å². The van der Waals surface area contributed by atoms with Crippen LogP contribution in [0.3, 0.4) is 0 Å². The number of fused-ring (bicyclic) bond motifs is 2. The zero-order chi connectivity index (χ0) is 50.6. The number of amides is 4. The van der Waals surface area contributed by atoms with Crippen molar-refractivity contribution in [2.75, 3.05) is 23.0 Å². The quantitative estimate of drug-likeness (QED) is 0.0306. The van der Waals surface area contributed by atoms with Gasteiger partial charge in [0.1, 0.15) is 35.9 Å². The third-order valence-electron chi connectivity index (χ3n) is 10.7. The van der Waals surface area contributed by atoms with E-state index in [1.54, 1.807) is 48.5 Å². The molecule has 72 heavy (non-hydrogen) atoms. The van der Waals surface area contributed by atoms with Crippen LogP contribution in [0.1, 0.15) is 34.5 Å². The Morgan fingerprint density at radius 3 is 1.32 bits per heavy atom. The Bertz CT molecular complexity index is 2630. The molecule has 2 aromatic carbocycles. The minimum Gasteiger partial charge on any atom is -0.543 e. The molecule has 0 saturated carbocycles. The van der Waals surface area contributed by atoms with Crippen LogP contribution < -0.4 is 124 Å². The van der Waals surface area contributed by atoms with E-state index in [0.29, 0.717) is 22.3 Å². The molecule has 26 nitrogen and oxygen atoms in total. The van der Waals surface area contributed by atoms with Gasteiger partial charge in [0, 0.05) is 23.0 Å². The topological polar surface area (TPSA) is 381 Å². The first-order chi connectivity index (χ1) is 33.3. The molecule has 368 valence electrons. The van der Waals surface area contributed by atoms with E-state index in [9.17, 15) is 58.8 Å². The standard InChI is InChI=1S/2C20H20N6O7S2.2K/c2*1-9-2-4-10(5-3-9)15(29)16(30)21-13-17(31)26-14(19(32)33)11(7-34-18(13)26)8-35-20-22-23-24-25(20)6-12(27)28;;/h2*2-5,13,15,18,29H,6-8H2,1H3,(H,21,30)(H,27,28)(H,32,33);;/q;;2*+1/p-2/t2*13?,15-,18-;;/m11../s1. The Morgan fingerprint density at radius 2 is 1.00 bits per heavy atom. The number of aromatic nitrogens is 8. The minimum atomic E-state index is -1.55. The van der Waals surface area contributed by atoms with Crippen LogP contribution in [-0.4, -0.2) is 164 Å². The predicted octanol–water partition coefficient (Wildman–Crippen LogP) is -9.40. The zero-order valence-electron chi connectivity index (χ0n) is 38.3. The van der Waals surface area contributed by atoms with E-state index in [1.165, 1.54) is 23.5 Å². The summed E-state index contributed by atoms with van der Waals surface area (Å²) in [5.41, 5.74) is 2.80. The first-order valence-electron chi connectivity index (χ1n) is 20.4. The van der Waals surface area contributed by atoms with Crippen molar-refractivity contribution in [3.05, 3.63) is 93.3 Å². The van der Waals surface area contributed by atoms with Crippen molar-refractivity contribution in [2.24, 2.45) is 0 Å². The Morgan fingerprint density at radius 1 is 0.653 bits per heavy atom. The molecule has 4 aliphatic rings. The molecule has 4 amide bonds. The molecular formula is C40H38K2N12O14S4. The van der Waals surface area contributed by atoms with Crippen LogP contribution in [0.25, 0.3) is 0 Å². The molecule has 32 heteroatoms. The number of β-lactam (4-membered cyclic amide) rings is 2. The summed E-state index contributed by atoms with van der Waals surface area (Å²) in [5, 5.41) is 87.8. The van der Waals surface area contributed by atoms with Crippen molar-refractivity contribution < 1.29 is 172 Å². The van der Waals surface area contributed by atoms with Gasteiger partial charge >= 0.3 is 115 Å². The monoisotopic (exact) mass is 1120 g/mol. The molecule has 2 aromatic heterocycles. The summed E-state index contributed by atoms with van der Waals surface area (Å²) in [5.74, 6) is -7.58. The fraction of sp³-hybridized carbons (Fsp3) is 0.350. The summed E-state index contributed by atoms with van der Waals surface area (Å²) in [7, 11) is 0. The molecule has 0 radical (unpaired) electrons. The number of nitrogens with zero attached hydrogens (tertiary/aromatic N) is 10. The molecule has 6 atom stereocenters. The molecule has 0 spiro atoms. The summed E-state index contributed by atoms with van der Waals surface area (Å²) in [6.45, 7) is 2.81. The summed E-state index contributed by atoms with van der Waals surface area (Å²) in [6.07, 6.45) is -2.96. The number of aliphatic carboxylic acids is 4. The van der Waals surface area contributed by atoms with Gasteiger partial charge in [-0.25, -0.2) is 9.36 Å². The van der Waals surface area contributed by atoms with Gasteiger partial charge in [-0.15, -0.1) is 33.7 Å². The Hall–Kier alpha value is -3.59. The fourth-order valence-electron chi connectivity index (χ4n) is 7.19. The average Bonchev–Trinajstić information content (AvgIpc) is 3.97. The second-order valence-electron chi connectivity index (χ2n) is 15.5. The number of carbonyl (C=O) groups is 8. The number of carboxylic acid groups (broad SMARTS) is 4.